The van der Waals surface area contributed by atoms with Crippen LogP contribution >= 0.6 is 0 Å². The molecule has 1 N–H and O–H groups in total. The van der Waals surface area contributed by atoms with E-state index in [0.29, 0.717) is 16.6 Å². The standard InChI is InChI=1S/C15H22FNOS/c1-17-15(12-6-3-2-4-7-12)11-19(18)14-9-5-8-13(16)10-14/h5,8-10,12,15,17H,2-4,6-7,11H2,1H3. The third-order valence-electron chi connectivity index (χ3n) is 3.98. The molecule has 1 aliphatic rings. The molecular formula is C15H22FNOS. The summed E-state index contributed by atoms with van der Waals surface area (Å²) >= 11 is 0. The van der Waals surface area contributed by atoms with Gasteiger partial charge in [-0.25, -0.2) is 4.39 Å². The molecular weight excluding hydrogens is 261 g/mol. The number of rotatable bonds is 5. The van der Waals surface area contributed by atoms with Gasteiger partial charge in [-0.15, -0.1) is 0 Å². The Morgan fingerprint density at radius 3 is 2.74 bits per heavy atom. The minimum atomic E-state index is -1.13. The fourth-order valence-electron chi connectivity index (χ4n) is 2.86. The van der Waals surface area contributed by atoms with Crippen LogP contribution in [0, 0.1) is 11.7 Å². The van der Waals surface area contributed by atoms with Gasteiger partial charge in [0.2, 0.25) is 0 Å². The molecule has 4 heteroatoms. The highest BCUT2D eigenvalue weighted by atomic mass is 32.2. The molecule has 0 aromatic heterocycles. The molecule has 2 unspecified atom stereocenters. The van der Waals surface area contributed by atoms with Crippen LogP contribution < -0.4 is 5.32 Å². The first-order valence-corrected chi connectivity index (χ1v) is 8.34. The first kappa shape index (κ1) is 14.7. The molecule has 2 nitrogen and oxygen atoms in total. The van der Waals surface area contributed by atoms with Gasteiger partial charge in [-0.2, -0.15) is 0 Å². The fourth-order valence-corrected chi connectivity index (χ4v) is 4.29. The zero-order chi connectivity index (χ0) is 13.7. The lowest BCUT2D eigenvalue weighted by Crippen LogP contribution is -2.39. The Kier molecular flexibility index (Phi) is 5.52. The Hall–Kier alpha value is -0.740. The number of halogens is 1. The summed E-state index contributed by atoms with van der Waals surface area (Å²) in [5.41, 5.74) is 0. The highest BCUT2D eigenvalue weighted by Crippen LogP contribution is 2.27. The highest BCUT2D eigenvalue weighted by Gasteiger charge is 2.24. The Balaban J connectivity index is 1.99. The van der Waals surface area contributed by atoms with Gasteiger partial charge in [-0.1, -0.05) is 25.3 Å². The maximum Gasteiger partial charge on any atom is 0.124 e. The second-order valence-electron chi connectivity index (χ2n) is 5.26. The summed E-state index contributed by atoms with van der Waals surface area (Å²) in [6.07, 6.45) is 6.29. The van der Waals surface area contributed by atoms with Crippen molar-refractivity contribution in [3.8, 4) is 0 Å². The van der Waals surface area contributed by atoms with Gasteiger partial charge in [0, 0.05) is 16.7 Å². The summed E-state index contributed by atoms with van der Waals surface area (Å²) in [7, 11) is 0.805. The molecule has 1 fully saturated rings. The van der Waals surface area contributed by atoms with Gasteiger partial charge in [0.1, 0.15) is 5.82 Å². The summed E-state index contributed by atoms with van der Waals surface area (Å²) in [4.78, 5) is 0.594. The predicted octanol–water partition coefficient (Wildman–Crippen LogP) is 3.10. The molecule has 0 aliphatic heterocycles. The van der Waals surface area contributed by atoms with Crippen LogP contribution in [0.5, 0.6) is 0 Å². The van der Waals surface area contributed by atoms with E-state index in [9.17, 15) is 8.60 Å². The van der Waals surface area contributed by atoms with E-state index in [2.05, 4.69) is 5.32 Å². The van der Waals surface area contributed by atoms with Gasteiger partial charge in [0.25, 0.3) is 0 Å². The number of benzene rings is 1. The first-order chi connectivity index (χ1) is 9.20. The van der Waals surface area contributed by atoms with Crippen molar-refractivity contribution in [2.24, 2.45) is 5.92 Å². The minimum absolute atomic E-state index is 0.268. The lowest BCUT2D eigenvalue weighted by atomic mass is 9.84. The quantitative estimate of drug-likeness (QED) is 0.899. The average Bonchev–Trinajstić information content (AvgIpc) is 2.45. The van der Waals surface area contributed by atoms with E-state index in [1.54, 1.807) is 12.1 Å². The van der Waals surface area contributed by atoms with E-state index in [1.165, 1.54) is 44.2 Å². The number of hydrogen-bond donors (Lipinski definition) is 1. The Labute approximate surface area is 117 Å². The zero-order valence-corrected chi connectivity index (χ0v) is 12.2. The molecule has 0 bridgehead atoms. The van der Waals surface area contributed by atoms with E-state index in [-0.39, 0.29) is 11.9 Å². The molecule has 2 rings (SSSR count). The molecule has 1 aromatic carbocycles. The summed E-state index contributed by atoms with van der Waals surface area (Å²) in [6, 6.07) is 6.40. The van der Waals surface area contributed by atoms with Crippen LogP contribution in [-0.2, 0) is 10.8 Å². The smallest absolute Gasteiger partial charge is 0.124 e. The predicted molar refractivity (Wildman–Crippen MR) is 77.1 cm³/mol. The van der Waals surface area contributed by atoms with Gasteiger partial charge in [-0.05, 0) is 44.0 Å². The molecule has 106 valence electrons. The van der Waals surface area contributed by atoms with Crippen molar-refractivity contribution in [3.05, 3.63) is 30.1 Å². The zero-order valence-electron chi connectivity index (χ0n) is 11.4. The molecule has 19 heavy (non-hydrogen) atoms. The fraction of sp³-hybridized carbons (Fsp3) is 0.600. The van der Waals surface area contributed by atoms with Crippen molar-refractivity contribution in [2.75, 3.05) is 12.8 Å². The van der Waals surface area contributed by atoms with Crippen molar-refractivity contribution in [2.45, 2.75) is 43.0 Å². The van der Waals surface area contributed by atoms with Crippen LogP contribution in [0.3, 0.4) is 0 Å². The third kappa shape index (κ3) is 4.11. The normalized spacial score (nSPS) is 20.1. The van der Waals surface area contributed by atoms with Crippen LogP contribution in [0.2, 0.25) is 0 Å². The van der Waals surface area contributed by atoms with Crippen molar-refractivity contribution in [3.63, 3.8) is 0 Å². The second kappa shape index (κ2) is 7.15. The molecule has 0 radical (unpaired) electrons. The lowest BCUT2D eigenvalue weighted by Gasteiger charge is -2.29. The molecule has 1 saturated carbocycles. The van der Waals surface area contributed by atoms with Crippen LogP contribution in [-0.4, -0.2) is 23.1 Å². The SMILES string of the molecule is CNC(CS(=O)c1cccc(F)c1)C1CCCCC1. The van der Waals surface area contributed by atoms with Crippen molar-refractivity contribution in [1.29, 1.82) is 0 Å². The van der Waals surface area contributed by atoms with E-state index >= 15 is 0 Å². The van der Waals surface area contributed by atoms with Crippen molar-refractivity contribution in [1.82, 2.24) is 5.32 Å². The molecule has 2 atom stereocenters. The average molecular weight is 283 g/mol. The van der Waals surface area contributed by atoms with Crippen molar-refractivity contribution < 1.29 is 8.60 Å². The Morgan fingerprint density at radius 1 is 1.37 bits per heavy atom. The Bertz CT molecular complexity index is 432. The van der Waals surface area contributed by atoms with Crippen LogP contribution in [0.25, 0.3) is 0 Å². The number of hydrogen-bond acceptors (Lipinski definition) is 2. The first-order valence-electron chi connectivity index (χ1n) is 7.02. The maximum atomic E-state index is 13.2. The third-order valence-corrected chi connectivity index (χ3v) is 5.42. The van der Waals surface area contributed by atoms with E-state index in [0.717, 1.165) is 0 Å². The molecule has 0 amide bonds. The van der Waals surface area contributed by atoms with Crippen LogP contribution in [0.1, 0.15) is 32.1 Å². The van der Waals surface area contributed by atoms with Gasteiger partial charge in [-0.3, -0.25) is 4.21 Å². The highest BCUT2D eigenvalue weighted by molar-refractivity contribution is 7.85. The van der Waals surface area contributed by atoms with E-state index < -0.39 is 10.8 Å². The van der Waals surface area contributed by atoms with Gasteiger partial charge >= 0.3 is 0 Å². The molecule has 0 heterocycles. The summed E-state index contributed by atoms with van der Waals surface area (Å²) < 4.78 is 25.5. The summed E-state index contributed by atoms with van der Waals surface area (Å²) in [5, 5.41) is 3.30. The minimum Gasteiger partial charge on any atom is -0.316 e. The van der Waals surface area contributed by atoms with Gasteiger partial charge < -0.3 is 5.32 Å². The van der Waals surface area contributed by atoms with Crippen molar-refractivity contribution >= 4 is 10.8 Å². The monoisotopic (exact) mass is 283 g/mol. The summed E-state index contributed by atoms with van der Waals surface area (Å²) in [6.45, 7) is 0. The molecule has 1 aromatic rings. The van der Waals surface area contributed by atoms with Gasteiger partial charge in [0.05, 0.1) is 10.8 Å². The molecule has 0 spiro atoms. The lowest BCUT2D eigenvalue weighted by molar-refractivity contribution is 0.294. The number of nitrogens with one attached hydrogen (secondary N) is 1. The maximum absolute atomic E-state index is 13.2. The van der Waals surface area contributed by atoms with E-state index in [4.69, 9.17) is 0 Å². The van der Waals surface area contributed by atoms with E-state index in [1.807, 2.05) is 7.05 Å². The Morgan fingerprint density at radius 2 is 2.11 bits per heavy atom. The van der Waals surface area contributed by atoms with Crippen LogP contribution in [0.15, 0.2) is 29.2 Å². The molecule has 0 saturated heterocycles. The van der Waals surface area contributed by atoms with Crippen LogP contribution in [0.4, 0.5) is 4.39 Å². The second-order valence-corrected chi connectivity index (χ2v) is 6.76. The molecule has 1 aliphatic carbocycles. The van der Waals surface area contributed by atoms with Gasteiger partial charge in [0.15, 0.2) is 0 Å². The largest absolute Gasteiger partial charge is 0.316 e. The topological polar surface area (TPSA) is 29.1 Å². The summed E-state index contributed by atoms with van der Waals surface area (Å²) in [5.74, 6) is 0.866.